The second-order valence-corrected chi connectivity index (χ2v) is 3.54. The van der Waals surface area contributed by atoms with Gasteiger partial charge < -0.3 is 0 Å². The number of unbranched alkanes of at least 4 members (excludes halogenated alkanes) is 1. The van der Waals surface area contributed by atoms with Crippen molar-refractivity contribution in [2.45, 2.75) is 39.0 Å². The number of hydrogen-bond acceptors (Lipinski definition) is 1. The lowest BCUT2D eigenvalue weighted by atomic mass is 9.99. The fourth-order valence-electron chi connectivity index (χ4n) is 1.12. The summed E-state index contributed by atoms with van der Waals surface area (Å²) in [5.74, 6) is 2.95. The van der Waals surface area contributed by atoms with Gasteiger partial charge in [0.05, 0.1) is 0 Å². The molecule has 1 aliphatic carbocycles. The minimum atomic E-state index is 0.0502. The van der Waals surface area contributed by atoms with Gasteiger partial charge in [0, 0.05) is 18.3 Å². The van der Waals surface area contributed by atoms with Crippen LogP contribution in [-0.4, -0.2) is 5.78 Å². The van der Waals surface area contributed by atoms with Gasteiger partial charge in [-0.1, -0.05) is 6.92 Å². The summed E-state index contributed by atoms with van der Waals surface area (Å²) in [6.07, 6.45) is 9.53. The molecule has 11 heavy (non-hydrogen) atoms. The zero-order valence-electron chi connectivity index (χ0n) is 7.02. The molecule has 0 bridgehead atoms. The van der Waals surface area contributed by atoms with Gasteiger partial charge >= 0.3 is 0 Å². The first-order valence-corrected chi connectivity index (χ1v) is 4.16. The first-order valence-electron chi connectivity index (χ1n) is 4.16. The van der Waals surface area contributed by atoms with Crippen molar-refractivity contribution in [1.82, 2.24) is 0 Å². The van der Waals surface area contributed by atoms with Crippen LogP contribution in [0.4, 0.5) is 0 Å². The summed E-state index contributed by atoms with van der Waals surface area (Å²) in [6, 6.07) is 0. The minimum Gasteiger partial charge on any atom is -0.299 e. The Morgan fingerprint density at radius 1 is 1.64 bits per heavy atom. The Hall–Kier alpha value is -0.770. The molecule has 0 aliphatic heterocycles. The molecule has 0 spiro atoms. The van der Waals surface area contributed by atoms with Crippen molar-refractivity contribution in [3.63, 3.8) is 0 Å². The van der Waals surface area contributed by atoms with E-state index in [0.29, 0.717) is 12.2 Å². The number of terminal acetylenes is 1. The molecule has 0 N–H and O–H groups in total. The van der Waals surface area contributed by atoms with Crippen molar-refractivity contribution in [2.24, 2.45) is 5.41 Å². The molecule has 0 unspecified atom stereocenters. The molecule has 1 heteroatoms. The third-order valence-electron chi connectivity index (χ3n) is 2.40. The molecule has 0 heterocycles. The lowest BCUT2D eigenvalue weighted by molar-refractivity contribution is -0.123. The minimum absolute atomic E-state index is 0.0502. The maximum atomic E-state index is 11.3. The average Bonchev–Trinajstić information content (AvgIpc) is 2.70. The maximum Gasteiger partial charge on any atom is 0.138 e. The summed E-state index contributed by atoms with van der Waals surface area (Å²) in [5.41, 5.74) is 0.0502. The van der Waals surface area contributed by atoms with Gasteiger partial charge in [-0.05, 0) is 19.3 Å². The predicted molar refractivity (Wildman–Crippen MR) is 45.0 cm³/mol. The quantitative estimate of drug-likeness (QED) is 0.443. The van der Waals surface area contributed by atoms with Gasteiger partial charge in [-0.3, -0.25) is 4.79 Å². The van der Waals surface area contributed by atoms with Crippen LogP contribution >= 0.6 is 0 Å². The second kappa shape index (κ2) is 3.09. The topological polar surface area (TPSA) is 17.1 Å². The normalized spacial score (nSPS) is 18.9. The number of carbonyl (C=O) groups is 1. The Bertz CT molecular complexity index is 193. The summed E-state index contributed by atoms with van der Waals surface area (Å²) in [6.45, 7) is 2.05. The fourth-order valence-corrected chi connectivity index (χ4v) is 1.12. The number of Topliss-reactive ketones (excluding diaryl/α,β-unsaturated/α-hetero) is 1. The summed E-state index contributed by atoms with van der Waals surface area (Å²) in [7, 11) is 0. The van der Waals surface area contributed by atoms with E-state index in [1.807, 2.05) is 6.92 Å². The molecule has 0 saturated heterocycles. The van der Waals surface area contributed by atoms with Crippen LogP contribution in [0.2, 0.25) is 0 Å². The van der Waals surface area contributed by atoms with E-state index in [-0.39, 0.29) is 5.41 Å². The van der Waals surface area contributed by atoms with Crippen LogP contribution in [0.1, 0.15) is 39.0 Å². The molecule has 0 aromatic carbocycles. The number of hydrogen-bond donors (Lipinski definition) is 0. The Balaban J connectivity index is 2.18. The highest BCUT2D eigenvalue weighted by Crippen LogP contribution is 2.46. The Labute approximate surface area is 68.2 Å². The number of rotatable bonds is 4. The summed E-state index contributed by atoms with van der Waals surface area (Å²) >= 11 is 0. The van der Waals surface area contributed by atoms with E-state index in [4.69, 9.17) is 6.42 Å². The van der Waals surface area contributed by atoms with Gasteiger partial charge in [-0.15, -0.1) is 12.3 Å². The standard InChI is InChI=1S/C10H14O/c1-3-4-5-6-9(11)10(2)7-8-10/h1H,4-8H2,2H3. The van der Waals surface area contributed by atoms with E-state index >= 15 is 0 Å². The molecule has 1 saturated carbocycles. The third kappa shape index (κ3) is 2.08. The molecule has 1 aliphatic rings. The summed E-state index contributed by atoms with van der Waals surface area (Å²) in [4.78, 5) is 11.3. The zero-order valence-corrected chi connectivity index (χ0v) is 7.02. The van der Waals surface area contributed by atoms with Crippen molar-refractivity contribution < 1.29 is 4.79 Å². The van der Waals surface area contributed by atoms with Gasteiger partial charge in [0.25, 0.3) is 0 Å². The monoisotopic (exact) mass is 150 g/mol. The molecule has 60 valence electrons. The Kier molecular flexibility index (Phi) is 2.34. The first-order chi connectivity index (χ1) is 5.19. The highest BCUT2D eigenvalue weighted by atomic mass is 16.1. The van der Waals surface area contributed by atoms with Crippen LogP contribution in [0, 0.1) is 17.8 Å². The lowest BCUT2D eigenvalue weighted by Gasteiger charge is -2.04. The molecule has 0 aromatic rings. The molecule has 0 aromatic heterocycles. The van der Waals surface area contributed by atoms with E-state index in [2.05, 4.69) is 5.92 Å². The van der Waals surface area contributed by atoms with Gasteiger partial charge in [0.2, 0.25) is 0 Å². The van der Waals surface area contributed by atoms with Crippen molar-refractivity contribution in [2.75, 3.05) is 0 Å². The van der Waals surface area contributed by atoms with Crippen LogP contribution in [0.3, 0.4) is 0 Å². The number of ketones is 1. The molecular formula is C10H14O. The molecule has 1 fully saturated rings. The van der Waals surface area contributed by atoms with E-state index in [9.17, 15) is 4.79 Å². The van der Waals surface area contributed by atoms with E-state index < -0.39 is 0 Å². The first kappa shape index (κ1) is 8.33. The second-order valence-electron chi connectivity index (χ2n) is 3.54. The fraction of sp³-hybridized carbons (Fsp3) is 0.700. The van der Waals surface area contributed by atoms with Crippen molar-refractivity contribution in [3.8, 4) is 12.3 Å². The SMILES string of the molecule is C#CCCCC(=O)C1(C)CC1. The average molecular weight is 150 g/mol. The van der Waals surface area contributed by atoms with Gasteiger partial charge in [-0.2, -0.15) is 0 Å². The summed E-state index contributed by atoms with van der Waals surface area (Å²) in [5, 5.41) is 0. The highest BCUT2D eigenvalue weighted by molar-refractivity contribution is 5.86. The smallest absolute Gasteiger partial charge is 0.138 e. The van der Waals surface area contributed by atoms with Gasteiger partial charge in [0.1, 0.15) is 5.78 Å². The third-order valence-corrected chi connectivity index (χ3v) is 2.40. The van der Waals surface area contributed by atoms with Crippen LogP contribution in [-0.2, 0) is 4.79 Å². The molecule has 0 radical (unpaired) electrons. The zero-order chi connectivity index (χ0) is 8.32. The van der Waals surface area contributed by atoms with Crippen LogP contribution < -0.4 is 0 Å². The Morgan fingerprint density at radius 3 is 2.73 bits per heavy atom. The molecule has 1 nitrogen and oxygen atoms in total. The predicted octanol–water partition coefficient (Wildman–Crippen LogP) is 2.16. The highest BCUT2D eigenvalue weighted by Gasteiger charge is 2.43. The van der Waals surface area contributed by atoms with E-state index in [0.717, 1.165) is 25.7 Å². The van der Waals surface area contributed by atoms with Crippen LogP contribution in [0.15, 0.2) is 0 Å². The summed E-state index contributed by atoms with van der Waals surface area (Å²) < 4.78 is 0. The van der Waals surface area contributed by atoms with Crippen molar-refractivity contribution >= 4 is 5.78 Å². The van der Waals surface area contributed by atoms with Crippen LogP contribution in [0.25, 0.3) is 0 Å². The van der Waals surface area contributed by atoms with Crippen molar-refractivity contribution in [1.29, 1.82) is 0 Å². The van der Waals surface area contributed by atoms with E-state index in [1.165, 1.54) is 0 Å². The van der Waals surface area contributed by atoms with E-state index in [1.54, 1.807) is 0 Å². The maximum absolute atomic E-state index is 11.3. The molecule has 1 rings (SSSR count). The van der Waals surface area contributed by atoms with Crippen molar-refractivity contribution in [3.05, 3.63) is 0 Å². The van der Waals surface area contributed by atoms with Gasteiger partial charge in [-0.25, -0.2) is 0 Å². The number of carbonyl (C=O) groups excluding carboxylic acids is 1. The van der Waals surface area contributed by atoms with Gasteiger partial charge in [0.15, 0.2) is 0 Å². The molecular weight excluding hydrogens is 136 g/mol. The van der Waals surface area contributed by atoms with Crippen LogP contribution in [0.5, 0.6) is 0 Å². The lowest BCUT2D eigenvalue weighted by Crippen LogP contribution is -2.10. The largest absolute Gasteiger partial charge is 0.299 e. The molecule has 0 amide bonds. The molecule has 0 atom stereocenters. The Morgan fingerprint density at radius 2 is 2.27 bits per heavy atom.